The molecule has 0 amide bonds. The maximum absolute atomic E-state index is 4.85. The lowest BCUT2D eigenvalue weighted by Crippen LogP contribution is -2.11. The first-order chi connectivity index (χ1) is 10.5. The smallest absolute Gasteiger partial charge is 0.0683 e. The molecule has 23 heavy (non-hydrogen) atoms. The summed E-state index contributed by atoms with van der Waals surface area (Å²) in [4.78, 5) is 0. The van der Waals surface area contributed by atoms with Crippen LogP contribution in [0.5, 0.6) is 0 Å². The van der Waals surface area contributed by atoms with E-state index in [4.69, 9.17) is 5.10 Å². The zero-order chi connectivity index (χ0) is 17.5. The number of hydrogen-bond donors (Lipinski definition) is 0. The molecule has 0 saturated heterocycles. The molecule has 0 atom stereocenters. The van der Waals surface area contributed by atoms with Gasteiger partial charge in [0, 0.05) is 5.69 Å². The summed E-state index contributed by atoms with van der Waals surface area (Å²) in [6, 6.07) is 6.83. The van der Waals surface area contributed by atoms with Gasteiger partial charge in [-0.25, -0.2) is 4.68 Å². The van der Waals surface area contributed by atoms with Crippen LogP contribution in [0.3, 0.4) is 0 Å². The molecule has 126 valence electrons. The average molecular weight is 330 g/mol. The van der Waals surface area contributed by atoms with Crippen molar-refractivity contribution < 1.29 is 0 Å². The van der Waals surface area contributed by atoms with Crippen LogP contribution in [0.1, 0.15) is 62.0 Å². The highest BCUT2D eigenvalue weighted by Gasteiger charge is 2.19. The Morgan fingerprint density at radius 2 is 1.65 bits per heavy atom. The number of rotatable bonds is 4. The van der Waals surface area contributed by atoms with E-state index in [-0.39, 0.29) is 0 Å². The predicted octanol–water partition coefficient (Wildman–Crippen LogP) is 5.07. The molecule has 1 heterocycles. The lowest BCUT2D eigenvalue weighted by atomic mass is 9.99. The van der Waals surface area contributed by atoms with Crippen molar-refractivity contribution in [3.8, 4) is 5.69 Å². The van der Waals surface area contributed by atoms with Gasteiger partial charge in [-0.1, -0.05) is 46.9 Å². The lowest BCUT2D eigenvalue weighted by Gasteiger charge is -2.20. The molecule has 0 aliphatic heterocycles. The first kappa shape index (κ1) is 18.1. The number of hydrogen-bond acceptors (Lipinski definition) is 1. The molecule has 0 N–H and O–H groups in total. The first-order valence-corrected chi connectivity index (χ1v) is 11.3. The molecule has 0 saturated carbocycles. The van der Waals surface area contributed by atoms with E-state index in [2.05, 4.69) is 84.1 Å². The largest absolute Gasteiger partial charge is 0.237 e. The van der Waals surface area contributed by atoms with Crippen molar-refractivity contribution >= 4 is 18.5 Å². The van der Waals surface area contributed by atoms with E-state index >= 15 is 0 Å². The van der Waals surface area contributed by atoms with Crippen LogP contribution >= 0.6 is 6.89 Å². The van der Waals surface area contributed by atoms with Gasteiger partial charge in [-0.05, 0) is 67.6 Å². The second-order valence-corrected chi connectivity index (χ2v) is 11.6. The van der Waals surface area contributed by atoms with Crippen molar-refractivity contribution in [2.24, 2.45) is 0 Å². The van der Waals surface area contributed by atoms with Gasteiger partial charge in [-0.3, -0.25) is 0 Å². The van der Waals surface area contributed by atoms with Crippen LogP contribution < -0.4 is 5.30 Å². The third kappa shape index (κ3) is 3.48. The third-order valence-corrected chi connectivity index (χ3v) is 6.16. The van der Waals surface area contributed by atoms with Crippen molar-refractivity contribution in [1.29, 1.82) is 0 Å². The monoisotopic (exact) mass is 330 g/mol. The Balaban J connectivity index is 2.70. The van der Waals surface area contributed by atoms with Crippen LogP contribution in [-0.4, -0.2) is 29.4 Å². The van der Waals surface area contributed by atoms with Crippen LogP contribution in [-0.2, 0) is 0 Å². The summed E-state index contributed by atoms with van der Waals surface area (Å²) in [5, 5.41) is 6.23. The molecule has 0 bridgehead atoms. The highest BCUT2D eigenvalue weighted by Crippen LogP contribution is 2.36. The van der Waals surface area contributed by atoms with Crippen LogP contribution in [0.4, 0.5) is 0 Å². The first-order valence-electron chi connectivity index (χ1n) is 8.43. The molecule has 1 aromatic carbocycles. The Kier molecular flexibility index (Phi) is 4.97. The molecule has 0 aliphatic rings. The molecule has 2 rings (SSSR count). The Bertz CT molecular complexity index is 760. The predicted molar refractivity (Wildman–Crippen MR) is 107 cm³/mol. The fourth-order valence-corrected chi connectivity index (χ4v) is 4.27. The molecule has 2 nitrogen and oxygen atoms in total. The van der Waals surface area contributed by atoms with Crippen molar-refractivity contribution in [2.45, 2.75) is 53.4 Å². The van der Waals surface area contributed by atoms with Crippen LogP contribution in [0.2, 0.25) is 0 Å². The van der Waals surface area contributed by atoms with Gasteiger partial charge < -0.3 is 0 Å². The molecule has 0 fully saturated rings. The van der Waals surface area contributed by atoms with Crippen molar-refractivity contribution in [1.82, 2.24) is 9.78 Å². The van der Waals surface area contributed by atoms with Crippen LogP contribution in [0.15, 0.2) is 18.2 Å². The summed E-state index contributed by atoms with van der Waals surface area (Å²) in [6.07, 6.45) is 4.39. The fraction of sp³-hybridized carbons (Fsp3) is 0.500. The molecule has 0 radical (unpaired) electrons. The summed E-state index contributed by atoms with van der Waals surface area (Å²) in [7, 11) is 0. The summed E-state index contributed by atoms with van der Waals surface area (Å²) in [5.74, 6) is 0.957. The number of benzene rings is 1. The molecule has 2 aromatic rings. The van der Waals surface area contributed by atoms with Crippen LogP contribution in [0.25, 0.3) is 5.69 Å². The van der Waals surface area contributed by atoms with E-state index < -0.39 is 6.89 Å². The van der Waals surface area contributed by atoms with E-state index in [1.54, 1.807) is 0 Å². The molecular weight excluding hydrogens is 299 g/mol. The summed E-state index contributed by atoms with van der Waals surface area (Å²) in [5.41, 5.74) is 6.34. The third-order valence-electron chi connectivity index (χ3n) is 4.48. The molecule has 0 aliphatic carbocycles. The van der Waals surface area contributed by atoms with Crippen molar-refractivity contribution in [3.05, 3.63) is 40.7 Å². The minimum atomic E-state index is -1.26. The minimum Gasteiger partial charge on any atom is -0.237 e. The van der Waals surface area contributed by atoms with Gasteiger partial charge in [0.05, 0.1) is 11.4 Å². The summed E-state index contributed by atoms with van der Waals surface area (Å²) >= 11 is 0. The Labute approximate surface area is 141 Å². The topological polar surface area (TPSA) is 17.8 Å². The number of aromatic nitrogens is 2. The minimum absolute atomic E-state index is 0.461. The quantitative estimate of drug-likeness (QED) is 0.716. The van der Waals surface area contributed by atoms with Gasteiger partial charge in [-0.2, -0.15) is 5.10 Å². The molecule has 3 heteroatoms. The second-order valence-electron chi connectivity index (χ2n) is 7.73. The Morgan fingerprint density at radius 3 is 2.09 bits per heavy atom. The maximum Gasteiger partial charge on any atom is 0.0683 e. The summed E-state index contributed by atoms with van der Waals surface area (Å²) in [6.45, 7) is 16.6. The zero-order valence-corrected chi connectivity index (χ0v) is 16.8. The Morgan fingerprint density at radius 1 is 1.04 bits per heavy atom. The van der Waals surface area contributed by atoms with Gasteiger partial charge in [-0.15, -0.1) is 0 Å². The second kappa shape index (κ2) is 6.32. The van der Waals surface area contributed by atoms with Gasteiger partial charge in [0.15, 0.2) is 0 Å². The van der Waals surface area contributed by atoms with Gasteiger partial charge in [0.25, 0.3) is 0 Å². The van der Waals surface area contributed by atoms with Crippen LogP contribution in [0, 0.1) is 13.8 Å². The highest BCUT2D eigenvalue weighted by molar-refractivity contribution is 7.79. The average Bonchev–Trinajstić information content (AvgIpc) is 2.72. The molecular formula is C20H31N2P. The van der Waals surface area contributed by atoms with E-state index in [1.165, 1.54) is 27.8 Å². The maximum atomic E-state index is 4.85. The zero-order valence-electron chi connectivity index (χ0n) is 15.9. The number of nitrogens with zero attached hydrogens (tertiary/aromatic N) is 2. The van der Waals surface area contributed by atoms with Crippen molar-refractivity contribution in [2.75, 3.05) is 13.3 Å². The van der Waals surface area contributed by atoms with Gasteiger partial charge in [0.1, 0.15) is 0 Å². The van der Waals surface area contributed by atoms with E-state index in [0.717, 1.165) is 5.69 Å². The SMILES string of the molecule is C=P(C)(C)c1ccc(-n2nc(C)c(C(C)C)c2C)c(C(C)C)c1. The van der Waals surface area contributed by atoms with E-state index in [0.29, 0.717) is 11.8 Å². The van der Waals surface area contributed by atoms with E-state index in [9.17, 15) is 0 Å². The molecule has 1 aromatic heterocycles. The highest BCUT2D eigenvalue weighted by atomic mass is 31.2. The number of aryl methyl sites for hydroxylation is 1. The molecule has 0 unspecified atom stereocenters. The van der Waals surface area contributed by atoms with Gasteiger partial charge in [0.2, 0.25) is 0 Å². The summed E-state index contributed by atoms with van der Waals surface area (Å²) < 4.78 is 2.14. The van der Waals surface area contributed by atoms with E-state index in [1.807, 2.05) is 0 Å². The standard InChI is InChI=1S/C20H31N2P/c1-13(2)18-12-17(23(7,8)9)10-11-19(18)22-16(6)20(14(3)4)15(5)21-22/h10-14H,7H2,1-6,8-9H3. The normalized spacial score (nSPS) is 12.4. The van der Waals surface area contributed by atoms with Gasteiger partial charge >= 0.3 is 0 Å². The lowest BCUT2D eigenvalue weighted by molar-refractivity contribution is 0.784. The Hall–Kier alpha value is -1.27. The van der Waals surface area contributed by atoms with Crippen molar-refractivity contribution in [3.63, 3.8) is 0 Å². The fourth-order valence-electron chi connectivity index (χ4n) is 3.30. The molecule has 0 spiro atoms.